The maximum atomic E-state index is 12.7. The Kier molecular flexibility index (Phi) is 6.91. The smallest absolute Gasteiger partial charge is 0.261 e. The van der Waals surface area contributed by atoms with E-state index >= 15 is 0 Å². The Morgan fingerprint density at radius 2 is 1.69 bits per heavy atom. The normalized spacial score (nSPS) is 22.4. The minimum Gasteiger partial charge on any atom is -0.480 e. The molecule has 2 aromatic rings. The summed E-state index contributed by atoms with van der Waals surface area (Å²) in [5, 5.41) is 6.00. The highest BCUT2D eigenvalue weighted by molar-refractivity contribution is 6.06. The van der Waals surface area contributed by atoms with E-state index in [0.717, 1.165) is 12.8 Å². The van der Waals surface area contributed by atoms with Gasteiger partial charge < -0.3 is 15.4 Å². The number of carbonyl (C=O) groups excluding carboxylic acids is 2. The van der Waals surface area contributed by atoms with Crippen molar-refractivity contribution in [2.45, 2.75) is 52.2 Å². The molecule has 2 amide bonds. The Balaban J connectivity index is 1.65. The van der Waals surface area contributed by atoms with Gasteiger partial charge in [-0.3, -0.25) is 9.59 Å². The lowest BCUT2D eigenvalue weighted by atomic mass is 9.78. The van der Waals surface area contributed by atoms with Crippen LogP contribution in [0.5, 0.6) is 5.75 Å². The molecular formula is C24H30N2O3. The third kappa shape index (κ3) is 5.37. The first-order valence-corrected chi connectivity index (χ1v) is 10.4. The van der Waals surface area contributed by atoms with Gasteiger partial charge in [-0.15, -0.1) is 0 Å². The van der Waals surface area contributed by atoms with Crippen molar-refractivity contribution >= 4 is 17.5 Å². The predicted octanol–water partition coefficient (Wildman–Crippen LogP) is 4.65. The van der Waals surface area contributed by atoms with E-state index in [-0.39, 0.29) is 17.9 Å². The summed E-state index contributed by atoms with van der Waals surface area (Å²) in [4.78, 5) is 25.4. The number of carbonyl (C=O) groups is 2. The number of nitrogens with one attached hydrogen (secondary N) is 2. The fraction of sp³-hybridized carbons (Fsp3) is 0.417. The van der Waals surface area contributed by atoms with Gasteiger partial charge >= 0.3 is 0 Å². The van der Waals surface area contributed by atoms with Crippen LogP contribution in [-0.4, -0.2) is 24.0 Å². The van der Waals surface area contributed by atoms with Gasteiger partial charge in [-0.25, -0.2) is 0 Å². The van der Waals surface area contributed by atoms with Crippen molar-refractivity contribution in [1.82, 2.24) is 5.32 Å². The maximum absolute atomic E-state index is 12.7. The highest BCUT2D eigenvalue weighted by Crippen LogP contribution is 2.29. The summed E-state index contributed by atoms with van der Waals surface area (Å²) in [7, 11) is 0. The molecule has 5 nitrogen and oxygen atoms in total. The number of ether oxygens (including phenoxy) is 1. The molecule has 5 heteroatoms. The molecule has 154 valence electrons. The van der Waals surface area contributed by atoms with Crippen molar-refractivity contribution in [3.05, 3.63) is 60.2 Å². The van der Waals surface area contributed by atoms with E-state index in [0.29, 0.717) is 28.8 Å². The first-order valence-electron chi connectivity index (χ1n) is 10.4. The van der Waals surface area contributed by atoms with Crippen LogP contribution in [0.1, 0.15) is 50.4 Å². The van der Waals surface area contributed by atoms with E-state index in [1.807, 2.05) is 30.3 Å². The molecule has 0 aromatic heterocycles. The van der Waals surface area contributed by atoms with E-state index in [1.54, 1.807) is 31.2 Å². The lowest BCUT2D eigenvalue weighted by Crippen LogP contribution is -2.48. The lowest BCUT2D eigenvalue weighted by molar-refractivity contribution is -0.128. The highest BCUT2D eigenvalue weighted by atomic mass is 16.5. The monoisotopic (exact) mass is 394 g/mol. The molecule has 2 aromatic carbocycles. The zero-order valence-electron chi connectivity index (χ0n) is 17.4. The van der Waals surface area contributed by atoms with Crippen LogP contribution in [0.25, 0.3) is 0 Å². The molecule has 3 rings (SSSR count). The topological polar surface area (TPSA) is 67.4 Å². The Hall–Kier alpha value is -2.82. The minimum absolute atomic E-state index is 0.144. The molecular weight excluding hydrogens is 364 g/mol. The molecule has 29 heavy (non-hydrogen) atoms. The van der Waals surface area contributed by atoms with Gasteiger partial charge in [0.05, 0.1) is 5.56 Å². The van der Waals surface area contributed by atoms with Crippen LogP contribution in [0.4, 0.5) is 5.69 Å². The van der Waals surface area contributed by atoms with Gasteiger partial charge in [0.25, 0.3) is 11.8 Å². The number of benzene rings is 2. The number of anilines is 1. The summed E-state index contributed by atoms with van der Waals surface area (Å²) in [6.45, 7) is 6.16. The summed E-state index contributed by atoms with van der Waals surface area (Å²) in [6, 6.07) is 16.4. The van der Waals surface area contributed by atoms with Crippen molar-refractivity contribution in [2.75, 3.05) is 5.32 Å². The van der Waals surface area contributed by atoms with Crippen LogP contribution in [0, 0.1) is 11.8 Å². The second-order valence-corrected chi connectivity index (χ2v) is 7.96. The average Bonchev–Trinajstić information content (AvgIpc) is 2.72. The van der Waals surface area contributed by atoms with E-state index in [2.05, 4.69) is 24.5 Å². The standard InChI is InChI=1S/C24H30N2O3/c1-16-10-9-14-21(17(16)2)26-23(27)18(3)29-22-15-8-7-13-20(22)24(28)25-19-11-5-4-6-12-19/h4-8,11-13,15-18,21H,9-10,14H2,1-3H3,(H,25,28)(H,26,27)/t16-,17-,18-,21+/m1/s1. The van der Waals surface area contributed by atoms with Crippen LogP contribution in [0.3, 0.4) is 0 Å². The van der Waals surface area contributed by atoms with Gasteiger partial charge in [0, 0.05) is 11.7 Å². The Morgan fingerprint density at radius 1 is 1.00 bits per heavy atom. The molecule has 4 atom stereocenters. The van der Waals surface area contributed by atoms with Crippen LogP contribution >= 0.6 is 0 Å². The van der Waals surface area contributed by atoms with Gasteiger partial charge in [-0.2, -0.15) is 0 Å². The maximum Gasteiger partial charge on any atom is 0.261 e. The molecule has 1 fully saturated rings. The van der Waals surface area contributed by atoms with Gasteiger partial charge in [-0.1, -0.05) is 57.0 Å². The molecule has 0 heterocycles. The minimum atomic E-state index is -0.690. The highest BCUT2D eigenvalue weighted by Gasteiger charge is 2.30. The van der Waals surface area contributed by atoms with Crippen molar-refractivity contribution in [3.63, 3.8) is 0 Å². The first kappa shape index (κ1) is 20.9. The summed E-state index contributed by atoms with van der Waals surface area (Å²) >= 11 is 0. The number of hydrogen-bond donors (Lipinski definition) is 2. The molecule has 0 radical (unpaired) electrons. The number of rotatable bonds is 6. The predicted molar refractivity (Wildman–Crippen MR) is 115 cm³/mol. The van der Waals surface area contributed by atoms with Gasteiger partial charge in [0.15, 0.2) is 6.10 Å². The molecule has 1 aliphatic rings. The molecule has 0 aliphatic heterocycles. The zero-order valence-corrected chi connectivity index (χ0v) is 17.4. The van der Waals surface area contributed by atoms with Crippen molar-refractivity contribution in [2.24, 2.45) is 11.8 Å². The molecule has 0 unspecified atom stereocenters. The molecule has 2 N–H and O–H groups in total. The largest absolute Gasteiger partial charge is 0.480 e. The zero-order chi connectivity index (χ0) is 20.8. The van der Waals surface area contributed by atoms with Gasteiger partial charge in [-0.05, 0) is 49.4 Å². The number of amides is 2. The Labute approximate surface area is 172 Å². The molecule has 0 spiro atoms. The number of hydrogen-bond acceptors (Lipinski definition) is 3. The van der Waals surface area contributed by atoms with E-state index in [1.165, 1.54) is 6.42 Å². The van der Waals surface area contributed by atoms with Crippen LogP contribution in [0.15, 0.2) is 54.6 Å². The lowest BCUT2D eigenvalue weighted by Gasteiger charge is -2.35. The Bertz CT molecular complexity index is 837. The van der Waals surface area contributed by atoms with Crippen LogP contribution in [0.2, 0.25) is 0 Å². The van der Waals surface area contributed by atoms with Crippen molar-refractivity contribution in [3.8, 4) is 5.75 Å². The van der Waals surface area contributed by atoms with Crippen molar-refractivity contribution < 1.29 is 14.3 Å². The summed E-state index contributed by atoms with van der Waals surface area (Å²) in [6.07, 6.45) is 2.66. The number of para-hydroxylation sites is 2. The fourth-order valence-corrected chi connectivity index (χ4v) is 3.81. The average molecular weight is 395 g/mol. The van der Waals surface area contributed by atoms with E-state index in [9.17, 15) is 9.59 Å². The SMILES string of the molecule is C[C@@H]1[C@H](C)CCC[C@@H]1NC(=O)[C@@H](C)Oc1ccccc1C(=O)Nc1ccccc1. The van der Waals surface area contributed by atoms with Crippen LogP contribution < -0.4 is 15.4 Å². The van der Waals surface area contributed by atoms with Gasteiger partial charge in [0.1, 0.15) is 5.75 Å². The first-order chi connectivity index (χ1) is 14.0. The third-order valence-corrected chi connectivity index (χ3v) is 5.87. The van der Waals surface area contributed by atoms with Gasteiger partial charge in [0.2, 0.25) is 0 Å². The Morgan fingerprint density at radius 3 is 2.45 bits per heavy atom. The fourth-order valence-electron chi connectivity index (χ4n) is 3.81. The molecule has 1 saturated carbocycles. The summed E-state index contributed by atoms with van der Waals surface area (Å²) in [5.74, 6) is 1.04. The molecule has 1 aliphatic carbocycles. The quantitative estimate of drug-likeness (QED) is 0.750. The second kappa shape index (κ2) is 9.59. The second-order valence-electron chi connectivity index (χ2n) is 7.96. The van der Waals surface area contributed by atoms with E-state index in [4.69, 9.17) is 4.74 Å². The van der Waals surface area contributed by atoms with Crippen molar-refractivity contribution in [1.29, 1.82) is 0 Å². The molecule has 0 bridgehead atoms. The summed E-state index contributed by atoms with van der Waals surface area (Å²) < 4.78 is 5.90. The third-order valence-electron chi connectivity index (χ3n) is 5.87. The molecule has 0 saturated heterocycles. The van der Waals surface area contributed by atoms with E-state index < -0.39 is 6.10 Å². The van der Waals surface area contributed by atoms with Crippen LogP contribution in [-0.2, 0) is 4.79 Å². The summed E-state index contributed by atoms with van der Waals surface area (Å²) in [5.41, 5.74) is 1.11.